The largest absolute Gasteiger partial charge is 0.373 e. The highest BCUT2D eigenvalue weighted by Gasteiger charge is 2.19. The van der Waals surface area contributed by atoms with Crippen LogP contribution in [0.15, 0.2) is 48.5 Å². The van der Waals surface area contributed by atoms with E-state index in [1.54, 1.807) is 24.3 Å². The Morgan fingerprint density at radius 3 is 1.52 bits per heavy atom. The monoisotopic (exact) mass is 428 g/mol. The third-order valence-corrected chi connectivity index (χ3v) is 4.95. The van der Waals surface area contributed by atoms with Gasteiger partial charge >= 0.3 is 11.9 Å². The number of hydrogen-bond acceptors (Lipinski definition) is 6. The van der Waals surface area contributed by atoms with Crippen molar-refractivity contribution in [2.24, 2.45) is 0 Å². The second-order valence-corrected chi connectivity index (χ2v) is 7.31. The molecule has 0 saturated carbocycles. The molecular formula is C25H32O6. The van der Waals surface area contributed by atoms with Gasteiger partial charge in [0.1, 0.15) is 0 Å². The van der Waals surface area contributed by atoms with Crippen LogP contribution in [0.5, 0.6) is 0 Å². The van der Waals surface area contributed by atoms with Gasteiger partial charge in [-0.15, -0.1) is 9.78 Å². The van der Waals surface area contributed by atoms with Crippen molar-refractivity contribution in [3.8, 4) is 0 Å². The lowest BCUT2D eigenvalue weighted by Gasteiger charge is -2.15. The highest BCUT2D eigenvalue weighted by Crippen LogP contribution is 2.14. The van der Waals surface area contributed by atoms with Crippen LogP contribution in [0.1, 0.15) is 84.7 Å². The molecule has 0 heterocycles. The van der Waals surface area contributed by atoms with Crippen LogP contribution in [0.4, 0.5) is 0 Å². The maximum absolute atomic E-state index is 12.2. The van der Waals surface area contributed by atoms with Crippen LogP contribution in [0, 0.1) is 0 Å². The van der Waals surface area contributed by atoms with Crippen molar-refractivity contribution in [3.05, 3.63) is 70.8 Å². The molecule has 0 bridgehead atoms. The molecule has 0 saturated heterocycles. The summed E-state index contributed by atoms with van der Waals surface area (Å²) in [6.07, 6.45) is 5.08. The molecule has 6 nitrogen and oxygen atoms in total. The number of carbonyl (C=O) groups is 2. The first-order valence-corrected chi connectivity index (χ1v) is 11.0. The topological polar surface area (TPSA) is 71.1 Å². The van der Waals surface area contributed by atoms with E-state index in [9.17, 15) is 9.59 Å². The fourth-order valence-electron chi connectivity index (χ4n) is 2.89. The highest BCUT2D eigenvalue weighted by molar-refractivity contribution is 5.89. The fourth-order valence-corrected chi connectivity index (χ4v) is 2.89. The Balaban J connectivity index is 1.90. The average Bonchev–Trinajstić information content (AvgIpc) is 2.82. The summed E-state index contributed by atoms with van der Waals surface area (Å²) in [5.74, 6) is -1.27. The van der Waals surface area contributed by atoms with Crippen LogP contribution in [0.3, 0.4) is 0 Å². The quantitative estimate of drug-likeness (QED) is 0.169. The third-order valence-electron chi connectivity index (χ3n) is 4.95. The molecule has 0 N–H and O–H groups in total. The summed E-state index contributed by atoms with van der Waals surface area (Å²) in [5, 5.41) is 0. The standard InChI is InChI=1S/C25H32O6/c1-4-7-8-9-10-23(28-30-24(26)21-15-11-19(5-2)12-16-21)29-31-25(27)22-17-13-20(6-3)14-18-22/h11-18,23H,4-10H2,1-3H3. The predicted octanol–water partition coefficient (Wildman–Crippen LogP) is 5.98. The summed E-state index contributed by atoms with van der Waals surface area (Å²) >= 11 is 0. The van der Waals surface area contributed by atoms with E-state index in [0.717, 1.165) is 49.7 Å². The smallest absolute Gasteiger partial charge is 0.290 e. The molecule has 2 aromatic carbocycles. The van der Waals surface area contributed by atoms with Gasteiger partial charge in [0.25, 0.3) is 0 Å². The van der Waals surface area contributed by atoms with Crippen LogP contribution in [-0.4, -0.2) is 18.2 Å². The van der Waals surface area contributed by atoms with E-state index in [0.29, 0.717) is 17.5 Å². The minimum atomic E-state index is -1.01. The molecule has 0 aliphatic carbocycles. The molecule has 0 atom stereocenters. The second-order valence-electron chi connectivity index (χ2n) is 7.31. The zero-order chi connectivity index (χ0) is 22.5. The van der Waals surface area contributed by atoms with E-state index < -0.39 is 18.2 Å². The van der Waals surface area contributed by atoms with Crippen LogP contribution >= 0.6 is 0 Å². The molecule has 0 amide bonds. The molecular weight excluding hydrogens is 396 g/mol. The van der Waals surface area contributed by atoms with Crippen molar-refractivity contribution in [2.45, 2.75) is 72.0 Å². The molecule has 0 radical (unpaired) electrons. The predicted molar refractivity (Wildman–Crippen MR) is 117 cm³/mol. The normalized spacial score (nSPS) is 10.8. The van der Waals surface area contributed by atoms with Gasteiger partial charge in [0.2, 0.25) is 6.29 Å². The molecule has 0 spiro atoms. The first-order chi connectivity index (χ1) is 15.1. The van der Waals surface area contributed by atoms with E-state index in [2.05, 4.69) is 6.92 Å². The van der Waals surface area contributed by atoms with Crippen LogP contribution in [0.25, 0.3) is 0 Å². The van der Waals surface area contributed by atoms with Crippen LogP contribution in [0.2, 0.25) is 0 Å². The van der Waals surface area contributed by atoms with Crippen molar-refractivity contribution < 1.29 is 29.1 Å². The van der Waals surface area contributed by atoms with E-state index in [1.807, 2.05) is 38.1 Å². The van der Waals surface area contributed by atoms with Crippen molar-refractivity contribution in [2.75, 3.05) is 0 Å². The first kappa shape index (κ1) is 24.6. The van der Waals surface area contributed by atoms with Crippen molar-refractivity contribution >= 4 is 11.9 Å². The molecule has 0 aromatic heterocycles. The molecule has 0 fully saturated rings. The Morgan fingerprint density at radius 1 is 0.677 bits per heavy atom. The number of hydrogen-bond donors (Lipinski definition) is 0. The number of rotatable bonds is 13. The second kappa shape index (κ2) is 13.6. The van der Waals surface area contributed by atoms with Crippen molar-refractivity contribution in [3.63, 3.8) is 0 Å². The third kappa shape index (κ3) is 8.52. The first-order valence-electron chi connectivity index (χ1n) is 11.0. The van der Waals surface area contributed by atoms with Gasteiger partial charge in [-0.05, 0) is 54.7 Å². The van der Waals surface area contributed by atoms with Gasteiger partial charge < -0.3 is 0 Å². The fraction of sp³-hybridized carbons (Fsp3) is 0.440. The van der Waals surface area contributed by atoms with Gasteiger partial charge in [0, 0.05) is 6.42 Å². The zero-order valence-electron chi connectivity index (χ0n) is 18.6. The van der Waals surface area contributed by atoms with Gasteiger partial charge in [-0.25, -0.2) is 9.59 Å². The lowest BCUT2D eigenvalue weighted by atomic mass is 10.1. The lowest BCUT2D eigenvalue weighted by molar-refractivity contribution is -0.421. The van der Waals surface area contributed by atoms with E-state index >= 15 is 0 Å². The summed E-state index contributed by atoms with van der Waals surface area (Å²) < 4.78 is 0. The Morgan fingerprint density at radius 2 is 1.13 bits per heavy atom. The molecule has 168 valence electrons. The average molecular weight is 429 g/mol. The molecule has 6 heteroatoms. The summed E-state index contributed by atoms with van der Waals surface area (Å²) in [7, 11) is 0. The van der Waals surface area contributed by atoms with Gasteiger partial charge in [-0.2, -0.15) is 0 Å². The molecule has 31 heavy (non-hydrogen) atoms. The van der Waals surface area contributed by atoms with E-state index in [4.69, 9.17) is 19.6 Å². The summed E-state index contributed by atoms with van der Waals surface area (Å²) in [6.45, 7) is 6.19. The maximum atomic E-state index is 12.2. The van der Waals surface area contributed by atoms with E-state index in [1.165, 1.54) is 0 Å². The SMILES string of the molecule is CCCCCCC(OOC(=O)c1ccc(CC)cc1)OOC(=O)c1ccc(CC)cc1. The maximum Gasteiger partial charge on any atom is 0.373 e. The van der Waals surface area contributed by atoms with Gasteiger partial charge in [-0.1, -0.05) is 64.3 Å². The molecule has 0 aliphatic rings. The van der Waals surface area contributed by atoms with Crippen molar-refractivity contribution in [1.82, 2.24) is 0 Å². The number of benzene rings is 2. The molecule has 0 aliphatic heterocycles. The van der Waals surface area contributed by atoms with Crippen LogP contribution < -0.4 is 0 Å². The van der Waals surface area contributed by atoms with Gasteiger partial charge in [-0.3, -0.25) is 9.78 Å². The van der Waals surface area contributed by atoms with E-state index in [-0.39, 0.29) is 0 Å². The molecule has 2 rings (SSSR count). The Bertz CT molecular complexity index is 734. The Hall–Kier alpha value is -2.70. The Labute approximate surface area is 184 Å². The van der Waals surface area contributed by atoms with Gasteiger partial charge in [0.05, 0.1) is 11.1 Å². The zero-order valence-corrected chi connectivity index (χ0v) is 18.6. The summed E-state index contributed by atoms with van der Waals surface area (Å²) in [5.41, 5.74) is 2.98. The minimum Gasteiger partial charge on any atom is -0.290 e. The lowest BCUT2D eigenvalue weighted by Crippen LogP contribution is -2.22. The number of unbranched alkanes of at least 4 members (excludes halogenated alkanes) is 3. The highest BCUT2D eigenvalue weighted by atomic mass is 17.3. The summed E-state index contributed by atoms with van der Waals surface area (Å²) in [4.78, 5) is 44.7. The van der Waals surface area contributed by atoms with Crippen LogP contribution in [-0.2, 0) is 32.4 Å². The minimum absolute atomic E-state index is 0.370. The van der Waals surface area contributed by atoms with Crippen molar-refractivity contribution in [1.29, 1.82) is 0 Å². The molecule has 2 aromatic rings. The number of aryl methyl sites for hydroxylation is 2. The summed E-state index contributed by atoms with van der Waals surface area (Å²) in [6, 6.07) is 14.2. The number of carbonyl (C=O) groups excluding carboxylic acids is 2. The van der Waals surface area contributed by atoms with Gasteiger partial charge in [0.15, 0.2) is 0 Å². The Kier molecular flexibility index (Phi) is 10.8. The molecule has 0 unspecified atom stereocenters.